The van der Waals surface area contributed by atoms with Crippen LogP contribution in [0, 0.1) is 6.92 Å². The summed E-state index contributed by atoms with van der Waals surface area (Å²) in [4.78, 5) is 25.5. The number of carbonyl (C=O) groups excluding carboxylic acids is 2. The van der Waals surface area contributed by atoms with Gasteiger partial charge in [0.25, 0.3) is 0 Å². The predicted octanol–water partition coefficient (Wildman–Crippen LogP) is 3.30. The number of hydrogen-bond acceptors (Lipinski definition) is 5. The fourth-order valence-electron chi connectivity index (χ4n) is 2.84. The normalized spacial score (nSPS) is 16.7. The lowest BCUT2D eigenvalue weighted by molar-refractivity contribution is -0.116. The minimum Gasteiger partial charge on any atom is -0.462 e. The molecule has 0 bridgehead atoms. The van der Waals surface area contributed by atoms with Gasteiger partial charge in [-0.2, -0.15) is 0 Å². The second-order valence-corrected chi connectivity index (χ2v) is 6.69. The molecule has 2 N–H and O–H groups in total. The monoisotopic (exact) mass is 360 g/mol. The highest BCUT2D eigenvalue weighted by Crippen LogP contribution is 2.34. The summed E-state index contributed by atoms with van der Waals surface area (Å²) in [6.07, 6.45) is 3.34. The molecule has 1 atom stereocenters. The molecule has 2 heterocycles. The second kappa shape index (κ2) is 9.25. The molecule has 0 radical (unpaired) electrons. The number of esters is 1. The SMILES string of the molecule is CCOC(=O)c1c(NC(=O)CC2CCCN2)sc(C)c1CC.Cl. The van der Waals surface area contributed by atoms with Crippen LogP contribution in [0.4, 0.5) is 5.00 Å². The van der Waals surface area contributed by atoms with Crippen molar-refractivity contribution in [1.29, 1.82) is 0 Å². The van der Waals surface area contributed by atoms with E-state index in [1.807, 2.05) is 13.8 Å². The van der Waals surface area contributed by atoms with E-state index in [1.165, 1.54) is 11.3 Å². The van der Waals surface area contributed by atoms with E-state index in [9.17, 15) is 9.59 Å². The number of aryl methyl sites for hydroxylation is 1. The molecule has 1 aliphatic rings. The second-order valence-electron chi connectivity index (χ2n) is 5.46. The summed E-state index contributed by atoms with van der Waals surface area (Å²) in [6, 6.07) is 0.248. The number of thiophene rings is 1. The van der Waals surface area contributed by atoms with Crippen molar-refractivity contribution >= 4 is 40.6 Å². The quantitative estimate of drug-likeness (QED) is 0.764. The summed E-state index contributed by atoms with van der Waals surface area (Å²) < 4.78 is 5.14. The van der Waals surface area contributed by atoms with Crippen molar-refractivity contribution in [2.75, 3.05) is 18.5 Å². The van der Waals surface area contributed by atoms with E-state index in [4.69, 9.17) is 4.74 Å². The minimum absolute atomic E-state index is 0. The van der Waals surface area contributed by atoms with Gasteiger partial charge in [-0.25, -0.2) is 4.79 Å². The molecular formula is C16H25ClN2O3S. The van der Waals surface area contributed by atoms with Crippen LogP contribution in [0.1, 0.15) is 53.9 Å². The first kappa shape index (κ1) is 19.9. The first-order valence-corrected chi connectivity index (χ1v) is 8.71. The number of rotatable bonds is 6. The zero-order chi connectivity index (χ0) is 16.1. The van der Waals surface area contributed by atoms with Gasteiger partial charge in [-0.05, 0) is 45.2 Å². The van der Waals surface area contributed by atoms with Crippen molar-refractivity contribution in [3.8, 4) is 0 Å². The van der Waals surface area contributed by atoms with Gasteiger partial charge in [0.1, 0.15) is 5.00 Å². The van der Waals surface area contributed by atoms with Gasteiger partial charge < -0.3 is 15.4 Å². The first-order valence-electron chi connectivity index (χ1n) is 7.89. The molecule has 0 spiro atoms. The third kappa shape index (κ3) is 4.93. The highest BCUT2D eigenvalue weighted by Gasteiger charge is 2.24. The average molecular weight is 361 g/mol. The zero-order valence-corrected chi connectivity index (χ0v) is 15.5. The van der Waals surface area contributed by atoms with Crippen molar-refractivity contribution in [1.82, 2.24) is 5.32 Å². The number of nitrogens with one attached hydrogen (secondary N) is 2. The molecule has 0 saturated carbocycles. The largest absolute Gasteiger partial charge is 0.462 e. The predicted molar refractivity (Wildman–Crippen MR) is 95.9 cm³/mol. The van der Waals surface area contributed by atoms with Crippen LogP contribution in [-0.2, 0) is 16.0 Å². The fourth-order valence-corrected chi connectivity index (χ4v) is 3.99. The summed E-state index contributed by atoms with van der Waals surface area (Å²) >= 11 is 1.45. The molecule has 0 aliphatic carbocycles. The molecule has 7 heteroatoms. The molecule has 1 amide bonds. The van der Waals surface area contributed by atoms with Crippen LogP contribution in [0.3, 0.4) is 0 Å². The molecule has 1 saturated heterocycles. The number of ether oxygens (including phenoxy) is 1. The van der Waals surface area contributed by atoms with Gasteiger partial charge in [0.15, 0.2) is 0 Å². The Hall–Kier alpha value is -1.11. The summed E-state index contributed by atoms with van der Waals surface area (Å²) in [6.45, 7) is 7.07. The molecule has 1 aromatic rings. The Morgan fingerprint density at radius 2 is 2.13 bits per heavy atom. The molecule has 23 heavy (non-hydrogen) atoms. The zero-order valence-electron chi connectivity index (χ0n) is 13.9. The van der Waals surface area contributed by atoms with Crippen LogP contribution in [0.5, 0.6) is 0 Å². The van der Waals surface area contributed by atoms with Crippen molar-refractivity contribution in [2.24, 2.45) is 0 Å². The molecule has 5 nitrogen and oxygen atoms in total. The maximum atomic E-state index is 12.2. The van der Waals surface area contributed by atoms with Crippen LogP contribution >= 0.6 is 23.7 Å². The van der Waals surface area contributed by atoms with Crippen LogP contribution < -0.4 is 10.6 Å². The van der Waals surface area contributed by atoms with Crippen molar-refractivity contribution < 1.29 is 14.3 Å². The summed E-state index contributed by atoms with van der Waals surface area (Å²) in [5, 5.41) is 6.84. The van der Waals surface area contributed by atoms with Crippen LogP contribution in [-0.4, -0.2) is 31.1 Å². The number of amides is 1. The number of hydrogen-bond donors (Lipinski definition) is 2. The molecule has 1 unspecified atom stereocenters. The van der Waals surface area contributed by atoms with Crippen LogP contribution in [0.2, 0.25) is 0 Å². The minimum atomic E-state index is -0.349. The third-order valence-corrected chi connectivity index (χ3v) is 4.95. The Morgan fingerprint density at radius 1 is 1.39 bits per heavy atom. The van der Waals surface area contributed by atoms with E-state index in [0.29, 0.717) is 23.6 Å². The van der Waals surface area contributed by atoms with Gasteiger partial charge >= 0.3 is 5.97 Å². The maximum absolute atomic E-state index is 12.2. The topological polar surface area (TPSA) is 67.4 Å². The summed E-state index contributed by atoms with van der Waals surface area (Å²) in [5.41, 5.74) is 1.50. The lowest BCUT2D eigenvalue weighted by Gasteiger charge is -2.11. The van der Waals surface area contributed by atoms with E-state index in [-0.39, 0.29) is 30.3 Å². The Morgan fingerprint density at radius 3 is 2.70 bits per heavy atom. The van der Waals surface area contributed by atoms with Crippen LogP contribution in [0.15, 0.2) is 0 Å². The fraction of sp³-hybridized carbons (Fsp3) is 0.625. The molecule has 130 valence electrons. The van der Waals surface area contributed by atoms with E-state index in [0.717, 1.165) is 36.2 Å². The van der Waals surface area contributed by atoms with Gasteiger partial charge in [0.05, 0.1) is 12.2 Å². The molecular weight excluding hydrogens is 336 g/mol. The average Bonchev–Trinajstić information content (AvgIpc) is 3.06. The van der Waals surface area contributed by atoms with E-state index in [1.54, 1.807) is 6.92 Å². The highest BCUT2D eigenvalue weighted by molar-refractivity contribution is 7.16. The molecule has 2 rings (SSSR count). The Kier molecular flexibility index (Phi) is 8.02. The molecule has 1 aromatic heterocycles. The summed E-state index contributed by atoms with van der Waals surface area (Å²) in [5.74, 6) is -0.396. The number of halogens is 1. The Labute approximate surface area is 147 Å². The number of carbonyl (C=O) groups is 2. The third-order valence-electron chi connectivity index (χ3n) is 3.89. The molecule has 1 fully saturated rings. The van der Waals surface area contributed by atoms with E-state index >= 15 is 0 Å². The Bertz CT molecular complexity index is 554. The van der Waals surface area contributed by atoms with E-state index in [2.05, 4.69) is 10.6 Å². The van der Waals surface area contributed by atoms with Gasteiger partial charge in [0.2, 0.25) is 5.91 Å². The van der Waals surface area contributed by atoms with Gasteiger partial charge in [-0.1, -0.05) is 6.92 Å². The van der Waals surface area contributed by atoms with Crippen molar-refractivity contribution in [2.45, 2.75) is 52.5 Å². The first-order chi connectivity index (χ1) is 10.6. The molecule has 0 aromatic carbocycles. The van der Waals surface area contributed by atoms with Gasteiger partial charge in [0, 0.05) is 17.3 Å². The van der Waals surface area contributed by atoms with Gasteiger partial charge in [-0.15, -0.1) is 23.7 Å². The molecule has 1 aliphatic heterocycles. The Balaban J connectivity index is 0.00000264. The highest BCUT2D eigenvalue weighted by atomic mass is 35.5. The lowest BCUT2D eigenvalue weighted by atomic mass is 10.1. The lowest BCUT2D eigenvalue weighted by Crippen LogP contribution is -2.27. The smallest absolute Gasteiger partial charge is 0.341 e. The van der Waals surface area contributed by atoms with Crippen molar-refractivity contribution in [3.05, 3.63) is 16.0 Å². The summed E-state index contributed by atoms with van der Waals surface area (Å²) in [7, 11) is 0. The van der Waals surface area contributed by atoms with E-state index < -0.39 is 0 Å². The van der Waals surface area contributed by atoms with Crippen LogP contribution in [0.25, 0.3) is 0 Å². The number of anilines is 1. The standard InChI is InChI=1S/C16H24N2O3S.ClH/c1-4-12-10(3)22-15(14(12)16(20)21-5-2)18-13(19)9-11-7-6-8-17-11;/h11,17H,4-9H2,1-3H3,(H,18,19);1H. The van der Waals surface area contributed by atoms with Gasteiger partial charge in [-0.3, -0.25) is 4.79 Å². The van der Waals surface area contributed by atoms with Crippen molar-refractivity contribution in [3.63, 3.8) is 0 Å². The maximum Gasteiger partial charge on any atom is 0.341 e.